The van der Waals surface area contributed by atoms with Gasteiger partial charge in [-0.15, -0.1) is 0 Å². The highest BCUT2D eigenvalue weighted by Gasteiger charge is 2.55. The first kappa shape index (κ1) is 14.6. The third-order valence-electron chi connectivity index (χ3n) is 4.64. The molecule has 0 unspecified atom stereocenters. The fourth-order valence-corrected chi connectivity index (χ4v) is 3.10. The van der Waals surface area contributed by atoms with Gasteiger partial charge in [0.15, 0.2) is 0 Å². The minimum Gasteiger partial charge on any atom is -0.329 e. The van der Waals surface area contributed by atoms with E-state index in [1.54, 1.807) is 24.3 Å². The average molecular weight is 321 g/mol. The molecule has 5 nitrogen and oxygen atoms in total. The summed E-state index contributed by atoms with van der Waals surface area (Å²) in [5.74, 6) is -1.74. The number of carbonyl (C=O) groups is 3. The Kier molecular flexibility index (Phi) is 3.06. The van der Waals surface area contributed by atoms with Crippen LogP contribution >= 0.6 is 0 Å². The average Bonchev–Trinajstić information content (AvgIpc) is 3.36. The van der Waals surface area contributed by atoms with Gasteiger partial charge in [-0.25, -0.2) is 4.79 Å². The van der Waals surface area contributed by atoms with Crippen LogP contribution in [0.4, 0.5) is 0 Å². The van der Waals surface area contributed by atoms with Gasteiger partial charge >= 0.3 is 5.97 Å². The first-order valence-electron chi connectivity index (χ1n) is 7.80. The number of hydrogen-bond acceptors (Lipinski definition) is 4. The normalized spacial score (nSPS) is 17.6. The smallest absolute Gasteiger partial charge is 0.329 e. The van der Waals surface area contributed by atoms with E-state index in [-0.39, 0.29) is 11.1 Å². The van der Waals surface area contributed by atoms with Crippen molar-refractivity contribution < 1.29 is 19.2 Å². The van der Waals surface area contributed by atoms with Gasteiger partial charge in [0.25, 0.3) is 11.8 Å². The molecule has 2 aliphatic rings. The van der Waals surface area contributed by atoms with Crippen LogP contribution in [0.25, 0.3) is 0 Å². The number of rotatable bonds is 3. The number of hydrogen-bond donors (Lipinski definition) is 0. The molecule has 2 amide bonds. The molecule has 1 fully saturated rings. The van der Waals surface area contributed by atoms with Crippen molar-refractivity contribution in [1.82, 2.24) is 5.06 Å². The second-order valence-electron chi connectivity index (χ2n) is 6.28. The maximum atomic E-state index is 12.7. The van der Waals surface area contributed by atoms with Crippen LogP contribution in [-0.2, 0) is 15.0 Å². The lowest BCUT2D eigenvalue weighted by molar-refractivity contribution is -0.171. The standard InChI is InChI=1S/C19H15NO4/c1-12-5-4-6-13(11-12)19(9-10-19)18(23)24-20-16(21)14-7-2-3-8-15(14)17(20)22/h2-8,11H,9-10H2,1H3. The number of fused-ring (bicyclic) bond motifs is 1. The van der Waals surface area contributed by atoms with Crippen molar-refractivity contribution in [2.75, 3.05) is 0 Å². The SMILES string of the molecule is Cc1cccc(C2(C(=O)ON3C(=O)c4ccccc4C3=O)CC2)c1. The number of nitrogens with zero attached hydrogens (tertiary/aromatic N) is 1. The van der Waals surface area contributed by atoms with Crippen LogP contribution in [0.5, 0.6) is 0 Å². The molecule has 0 radical (unpaired) electrons. The van der Waals surface area contributed by atoms with E-state index in [4.69, 9.17) is 4.84 Å². The van der Waals surface area contributed by atoms with Gasteiger partial charge in [-0.2, -0.15) is 0 Å². The molecule has 0 aromatic heterocycles. The molecular weight excluding hydrogens is 306 g/mol. The summed E-state index contributed by atoms with van der Waals surface area (Å²) >= 11 is 0. The molecule has 120 valence electrons. The number of amides is 2. The van der Waals surface area contributed by atoms with Gasteiger partial charge in [-0.1, -0.05) is 47.0 Å². The van der Waals surface area contributed by atoms with Crippen molar-refractivity contribution in [3.8, 4) is 0 Å². The van der Waals surface area contributed by atoms with E-state index < -0.39 is 23.2 Å². The molecular formula is C19H15NO4. The Morgan fingerprint density at radius 3 is 2.17 bits per heavy atom. The molecule has 0 N–H and O–H groups in total. The summed E-state index contributed by atoms with van der Waals surface area (Å²) in [7, 11) is 0. The largest absolute Gasteiger partial charge is 0.343 e. The van der Waals surface area contributed by atoms with E-state index in [0.717, 1.165) is 11.1 Å². The maximum Gasteiger partial charge on any atom is 0.343 e. The first-order valence-corrected chi connectivity index (χ1v) is 7.80. The third-order valence-corrected chi connectivity index (χ3v) is 4.64. The van der Waals surface area contributed by atoms with E-state index in [9.17, 15) is 14.4 Å². The van der Waals surface area contributed by atoms with Gasteiger partial charge in [-0.05, 0) is 37.5 Å². The van der Waals surface area contributed by atoms with Gasteiger partial charge in [0.1, 0.15) is 0 Å². The maximum absolute atomic E-state index is 12.7. The molecule has 1 aliphatic carbocycles. The Labute approximate surface area is 138 Å². The Morgan fingerprint density at radius 2 is 1.62 bits per heavy atom. The van der Waals surface area contributed by atoms with Gasteiger partial charge in [0.2, 0.25) is 0 Å². The molecule has 0 spiro atoms. The fraction of sp³-hybridized carbons (Fsp3) is 0.211. The lowest BCUT2D eigenvalue weighted by Crippen LogP contribution is -2.37. The summed E-state index contributed by atoms with van der Waals surface area (Å²) in [6, 6.07) is 14.1. The van der Waals surface area contributed by atoms with Crippen LogP contribution in [0.1, 0.15) is 44.7 Å². The van der Waals surface area contributed by atoms with Crippen molar-refractivity contribution >= 4 is 17.8 Å². The molecule has 0 saturated heterocycles. The molecule has 0 atom stereocenters. The van der Waals surface area contributed by atoms with Crippen molar-refractivity contribution in [3.05, 3.63) is 70.8 Å². The summed E-state index contributed by atoms with van der Waals surface area (Å²) in [4.78, 5) is 42.5. The van der Waals surface area contributed by atoms with E-state index in [1.807, 2.05) is 31.2 Å². The van der Waals surface area contributed by atoms with Gasteiger partial charge < -0.3 is 4.84 Å². The second kappa shape index (κ2) is 5.03. The van der Waals surface area contributed by atoms with E-state index in [2.05, 4.69) is 0 Å². The highest BCUT2D eigenvalue weighted by Crippen LogP contribution is 2.49. The van der Waals surface area contributed by atoms with Crippen LogP contribution in [0.15, 0.2) is 48.5 Å². The second-order valence-corrected chi connectivity index (χ2v) is 6.28. The number of aryl methyl sites for hydroxylation is 1. The van der Waals surface area contributed by atoms with E-state index in [1.165, 1.54) is 0 Å². The molecule has 2 aromatic rings. The van der Waals surface area contributed by atoms with Crippen LogP contribution in [0, 0.1) is 6.92 Å². The topological polar surface area (TPSA) is 63.7 Å². The zero-order valence-electron chi connectivity index (χ0n) is 13.1. The van der Waals surface area contributed by atoms with Crippen LogP contribution in [0.3, 0.4) is 0 Å². The van der Waals surface area contributed by atoms with E-state index >= 15 is 0 Å². The summed E-state index contributed by atoms with van der Waals surface area (Å²) in [6.45, 7) is 1.95. The number of benzene rings is 2. The summed E-state index contributed by atoms with van der Waals surface area (Å²) < 4.78 is 0. The minimum absolute atomic E-state index is 0.260. The zero-order chi connectivity index (χ0) is 16.9. The highest BCUT2D eigenvalue weighted by molar-refractivity contribution is 6.21. The van der Waals surface area contributed by atoms with Crippen LogP contribution in [0.2, 0.25) is 0 Å². The van der Waals surface area contributed by atoms with Crippen molar-refractivity contribution in [1.29, 1.82) is 0 Å². The Balaban J connectivity index is 1.60. The summed E-state index contributed by atoms with van der Waals surface area (Å²) in [5, 5.41) is 0.586. The fourth-order valence-electron chi connectivity index (χ4n) is 3.10. The molecule has 1 heterocycles. The zero-order valence-corrected chi connectivity index (χ0v) is 13.1. The van der Waals surface area contributed by atoms with Crippen molar-refractivity contribution in [3.63, 3.8) is 0 Å². The molecule has 1 aliphatic heterocycles. The molecule has 5 heteroatoms. The highest BCUT2D eigenvalue weighted by atomic mass is 16.7. The lowest BCUT2D eigenvalue weighted by atomic mass is 9.95. The van der Waals surface area contributed by atoms with Crippen LogP contribution in [-0.4, -0.2) is 22.8 Å². The Morgan fingerprint density at radius 1 is 1.00 bits per heavy atom. The Hall–Kier alpha value is -2.95. The lowest BCUT2D eigenvalue weighted by Gasteiger charge is -2.19. The number of imide groups is 1. The Bertz CT molecular complexity index is 847. The minimum atomic E-state index is -0.749. The van der Waals surface area contributed by atoms with Gasteiger partial charge in [0, 0.05) is 0 Å². The van der Waals surface area contributed by atoms with Crippen molar-refractivity contribution in [2.24, 2.45) is 0 Å². The predicted octanol–water partition coefficient (Wildman–Crippen LogP) is 2.78. The van der Waals surface area contributed by atoms with Gasteiger partial charge in [0.05, 0.1) is 16.5 Å². The third kappa shape index (κ3) is 2.05. The molecule has 4 rings (SSSR count). The van der Waals surface area contributed by atoms with Crippen LogP contribution < -0.4 is 0 Å². The monoisotopic (exact) mass is 321 g/mol. The van der Waals surface area contributed by atoms with Crippen molar-refractivity contribution in [2.45, 2.75) is 25.2 Å². The van der Waals surface area contributed by atoms with E-state index in [0.29, 0.717) is 17.9 Å². The molecule has 0 bridgehead atoms. The predicted molar refractivity (Wildman–Crippen MR) is 85.1 cm³/mol. The first-order chi connectivity index (χ1) is 11.5. The number of hydroxylamine groups is 2. The van der Waals surface area contributed by atoms with Gasteiger partial charge in [-0.3, -0.25) is 9.59 Å². The molecule has 2 aromatic carbocycles. The summed E-state index contributed by atoms with van der Waals surface area (Å²) in [6.07, 6.45) is 1.30. The quantitative estimate of drug-likeness (QED) is 0.816. The molecule has 1 saturated carbocycles. The molecule has 24 heavy (non-hydrogen) atoms. The summed E-state index contributed by atoms with van der Waals surface area (Å²) in [5.41, 5.74) is 1.68. The number of carbonyl (C=O) groups excluding carboxylic acids is 3.